The minimum absolute atomic E-state index is 0. The van der Waals surface area contributed by atoms with E-state index >= 15 is 0 Å². The highest BCUT2D eigenvalue weighted by atomic mass is 35.5. The Morgan fingerprint density at radius 1 is 1.50 bits per heavy atom. The van der Waals surface area contributed by atoms with E-state index in [0.29, 0.717) is 6.42 Å². The van der Waals surface area contributed by atoms with Crippen LogP contribution in [0.5, 0.6) is 0 Å². The Balaban J connectivity index is 0.00000180. The zero-order valence-electron chi connectivity index (χ0n) is 12.1. The van der Waals surface area contributed by atoms with E-state index in [0.717, 1.165) is 30.8 Å². The number of hydrogen-bond donors (Lipinski definition) is 1. The zero-order valence-corrected chi connectivity index (χ0v) is 14.6. The van der Waals surface area contributed by atoms with Crippen LogP contribution >= 0.6 is 36.2 Å². The molecule has 1 aliphatic carbocycles. The number of hydrogen-bond acceptors (Lipinski definition) is 4. The summed E-state index contributed by atoms with van der Waals surface area (Å²) in [6, 6.07) is 0.240. The third-order valence-electron chi connectivity index (χ3n) is 3.48. The molecule has 0 saturated heterocycles. The van der Waals surface area contributed by atoms with Gasteiger partial charge in [0.1, 0.15) is 0 Å². The predicted molar refractivity (Wildman–Crippen MR) is 88.3 cm³/mol. The molecule has 4 nitrogen and oxygen atoms in total. The Hall–Kier alpha value is -0.360. The van der Waals surface area contributed by atoms with E-state index in [4.69, 9.17) is 0 Å². The number of carbonyl (C=O) groups excluding carboxylic acids is 1. The standard InChI is InChI=1S/C13H21N3OS.2ClH/c1-9-15-10-5-4-6-11(13(10)18-9)16(3)12(17)7-8-14-2;;/h11,14H,4-8H2,1-3H3;2*1H. The van der Waals surface area contributed by atoms with Crippen LogP contribution in [0.3, 0.4) is 0 Å². The Morgan fingerprint density at radius 2 is 2.20 bits per heavy atom. The van der Waals surface area contributed by atoms with E-state index in [9.17, 15) is 4.79 Å². The van der Waals surface area contributed by atoms with E-state index in [1.54, 1.807) is 11.3 Å². The van der Waals surface area contributed by atoms with Gasteiger partial charge in [-0.15, -0.1) is 36.2 Å². The first-order valence-corrected chi connectivity index (χ1v) is 7.31. The minimum atomic E-state index is 0. The zero-order chi connectivity index (χ0) is 13.1. The molecule has 2 rings (SSSR count). The van der Waals surface area contributed by atoms with Crippen molar-refractivity contribution in [3.05, 3.63) is 15.6 Å². The molecule has 0 fully saturated rings. The minimum Gasteiger partial charge on any atom is -0.338 e. The highest BCUT2D eigenvalue weighted by Crippen LogP contribution is 2.37. The number of fused-ring (bicyclic) bond motifs is 1. The smallest absolute Gasteiger partial charge is 0.224 e. The lowest BCUT2D eigenvalue weighted by Gasteiger charge is -2.30. The Kier molecular flexibility index (Phi) is 8.66. The Labute approximate surface area is 137 Å². The summed E-state index contributed by atoms with van der Waals surface area (Å²) >= 11 is 1.75. The first-order chi connectivity index (χ1) is 8.63. The lowest BCUT2D eigenvalue weighted by Crippen LogP contribution is -2.34. The molecule has 0 bridgehead atoms. The third-order valence-corrected chi connectivity index (χ3v) is 4.59. The van der Waals surface area contributed by atoms with Crippen molar-refractivity contribution in [2.45, 2.75) is 38.6 Å². The lowest BCUT2D eigenvalue weighted by atomic mass is 9.97. The average Bonchev–Trinajstić information content (AvgIpc) is 2.74. The number of amides is 1. The molecule has 1 aromatic rings. The summed E-state index contributed by atoms with van der Waals surface area (Å²) in [5, 5.41) is 4.14. The quantitative estimate of drug-likeness (QED) is 0.917. The van der Waals surface area contributed by atoms with E-state index in [2.05, 4.69) is 10.3 Å². The molecular weight excluding hydrogens is 317 g/mol. The van der Waals surface area contributed by atoms with Crippen LogP contribution in [0.4, 0.5) is 0 Å². The predicted octanol–water partition coefficient (Wildman–Crippen LogP) is 2.74. The number of aromatic nitrogens is 1. The summed E-state index contributed by atoms with van der Waals surface area (Å²) in [5.74, 6) is 0.216. The van der Waals surface area contributed by atoms with Crippen molar-refractivity contribution in [1.82, 2.24) is 15.2 Å². The summed E-state index contributed by atoms with van der Waals surface area (Å²) < 4.78 is 0. The molecule has 0 spiro atoms. The molecule has 0 aliphatic heterocycles. The molecule has 0 aromatic carbocycles. The molecule has 1 atom stereocenters. The Morgan fingerprint density at radius 3 is 2.85 bits per heavy atom. The number of aryl methyl sites for hydroxylation is 2. The van der Waals surface area contributed by atoms with Crippen LogP contribution in [-0.2, 0) is 11.2 Å². The highest BCUT2D eigenvalue weighted by molar-refractivity contribution is 7.11. The van der Waals surface area contributed by atoms with Gasteiger partial charge in [-0.2, -0.15) is 0 Å². The van der Waals surface area contributed by atoms with E-state index in [1.165, 1.54) is 10.6 Å². The maximum Gasteiger partial charge on any atom is 0.224 e. The molecule has 1 amide bonds. The van der Waals surface area contributed by atoms with Gasteiger partial charge in [-0.05, 0) is 33.2 Å². The number of halogens is 2. The highest BCUT2D eigenvalue weighted by Gasteiger charge is 2.29. The third kappa shape index (κ3) is 4.32. The second-order valence-corrected chi connectivity index (χ2v) is 6.04. The van der Waals surface area contributed by atoms with Crippen molar-refractivity contribution in [3.8, 4) is 0 Å². The molecule has 1 aromatic heterocycles. The SMILES string of the molecule is CNCCC(=O)N(C)C1CCCc2nc(C)sc21.Cl.Cl. The normalized spacial score (nSPS) is 16.6. The number of thiazole rings is 1. The molecule has 0 saturated carbocycles. The van der Waals surface area contributed by atoms with Crippen molar-refractivity contribution in [1.29, 1.82) is 0 Å². The van der Waals surface area contributed by atoms with Gasteiger partial charge in [0.2, 0.25) is 5.91 Å². The van der Waals surface area contributed by atoms with E-state index < -0.39 is 0 Å². The van der Waals surface area contributed by atoms with Crippen LogP contribution < -0.4 is 5.32 Å². The van der Waals surface area contributed by atoms with Gasteiger partial charge in [-0.25, -0.2) is 4.98 Å². The Bertz CT molecular complexity index is 439. The van der Waals surface area contributed by atoms with Gasteiger partial charge < -0.3 is 10.2 Å². The van der Waals surface area contributed by atoms with Crippen LogP contribution in [0.1, 0.15) is 40.9 Å². The summed E-state index contributed by atoms with van der Waals surface area (Å²) in [5.41, 5.74) is 1.21. The topological polar surface area (TPSA) is 45.2 Å². The van der Waals surface area contributed by atoms with Gasteiger partial charge in [0.15, 0.2) is 0 Å². The van der Waals surface area contributed by atoms with E-state index in [-0.39, 0.29) is 36.8 Å². The number of carbonyl (C=O) groups is 1. The van der Waals surface area contributed by atoms with Crippen LogP contribution in [0.25, 0.3) is 0 Å². The van der Waals surface area contributed by atoms with E-state index in [1.807, 2.05) is 25.9 Å². The first kappa shape index (κ1) is 19.6. The molecule has 1 N–H and O–H groups in total. The molecule has 7 heteroatoms. The molecule has 0 radical (unpaired) electrons. The fraction of sp³-hybridized carbons (Fsp3) is 0.692. The van der Waals surface area contributed by atoms with Crippen molar-refractivity contribution < 1.29 is 4.79 Å². The molecule has 1 aliphatic rings. The number of nitrogens with one attached hydrogen (secondary N) is 1. The van der Waals surface area contributed by atoms with Crippen LogP contribution in [0.15, 0.2) is 0 Å². The van der Waals surface area contributed by atoms with Crippen LogP contribution in [-0.4, -0.2) is 36.4 Å². The maximum absolute atomic E-state index is 12.1. The van der Waals surface area contributed by atoms with Crippen molar-refractivity contribution in [2.24, 2.45) is 0 Å². The summed E-state index contributed by atoms with van der Waals surface area (Å²) in [7, 11) is 3.80. The van der Waals surface area contributed by atoms with Gasteiger partial charge in [0.05, 0.1) is 21.6 Å². The summed E-state index contributed by atoms with van der Waals surface area (Å²) in [4.78, 5) is 19.9. The summed E-state index contributed by atoms with van der Waals surface area (Å²) in [6.45, 7) is 2.79. The second kappa shape index (κ2) is 8.82. The fourth-order valence-corrected chi connectivity index (χ4v) is 3.62. The molecular formula is C13H23Cl2N3OS. The van der Waals surface area contributed by atoms with Crippen molar-refractivity contribution >= 4 is 42.1 Å². The molecule has 116 valence electrons. The van der Waals surface area contributed by atoms with Crippen LogP contribution in [0, 0.1) is 6.92 Å². The molecule has 1 unspecified atom stereocenters. The fourth-order valence-electron chi connectivity index (χ4n) is 2.47. The average molecular weight is 340 g/mol. The van der Waals surface area contributed by atoms with Crippen molar-refractivity contribution in [3.63, 3.8) is 0 Å². The summed E-state index contributed by atoms with van der Waals surface area (Å²) in [6.07, 6.45) is 3.83. The van der Waals surface area contributed by atoms with Gasteiger partial charge in [0.25, 0.3) is 0 Å². The first-order valence-electron chi connectivity index (χ1n) is 6.50. The number of nitrogens with zero attached hydrogens (tertiary/aromatic N) is 2. The van der Waals surface area contributed by atoms with Gasteiger partial charge in [-0.3, -0.25) is 4.79 Å². The maximum atomic E-state index is 12.1. The van der Waals surface area contributed by atoms with Crippen LogP contribution in [0.2, 0.25) is 0 Å². The lowest BCUT2D eigenvalue weighted by molar-refractivity contribution is -0.132. The molecule has 1 heterocycles. The van der Waals surface area contributed by atoms with Gasteiger partial charge >= 0.3 is 0 Å². The second-order valence-electron chi connectivity index (χ2n) is 4.81. The van der Waals surface area contributed by atoms with Gasteiger partial charge in [0, 0.05) is 20.0 Å². The monoisotopic (exact) mass is 339 g/mol. The van der Waals surface area contributed by atoms with Crippen molar-refractivity contribution in [2.75, 3.05) is 20.6 Å². The largest absolute Gasteiger partial charge is 0.338 e. The molecule has 20 heavy (non-hydrogen) atoms. The van der Waals surface area contributed by atoms with Gasteiger partial charge in [-0.1, -0.05) is 0 Å². The number of rotatable bonds is 4.